The van der Waals surface area contributed by atoms with Gasteiger partial charge in [-0.25, -0.2) is 9.59 Å². The van der Waals surface area contributed by atoms with Crippen molar-refractivity contribution in [3.63, 3.8) is 0 Å². The summed E-state index contributed by atoms with van der Waals surface area (Å²) in [6, 6.07) is -0.685. The molecule has 1 fully saturated rings. The topological polar surface area (TPSA) is 66.6 Å². The van der Waals surface area contributed by atoms with Crippen molar-refractivity contribution >= 4 is 12.1 Å². The molecule has 1 saturated heterocycles. The van der Waals surface area contributed by atoms with Crippen LogP contribution < -0.4 is 18.9 Å². The first-order valence-electron chi connectivity index (χ1n) is 4.04. The monoisotopic (exact) mass is 195 g/mol. The molecule has 1 amide bonds. The van der Waals surface area contributed by atoms with E-state index in [0.29, 0.717) is 0 Å². The van der Waals surface area contributed by atoms with Gasteiger partial charge in [-0.3, -0.25) is 4.90 Å². The van der Waals surface area contributed by atoms with Crippen molar-refractivity contribution in [2.24, 2.45) is 0 Å². The van der Waals surface area contributed by atoms with Gasteiger partial charge in [0.25, 0.3) is 0 Å². The Morgan fingerprint density at radius 3 is 2.29 bits per heavy atom. The van der Waals surface area contributed by atoms with Gasteiger partial charge in [-0.15, -0.1) is 0 Å². The van der Waals surface area contributed by atoms with Gasteiger partial charge >= 0.3 is 30.9 Å². The number of carbonyl (C=O) groups is 2. The number of carbonyl (C=O) groups excluding carboxylic acids is 1. The molecular formula is C8H14LiNO4. The summed E-state index contributed by atoms with van der Waals surface area (Å²) >= 11 is 0. The van der Waals surface area contributed by atoms with E-state index in [1.165, 1.54) is 4.90 Å². The van der Waals surface area contributed by atoms with E-state index in [0.717, 1.165) is 0 Å². The molecule has 0 radical (unpaired) electrons. The average molecular weight is 195 g/mol. The zero-order valence-corrected chi connectivity index (χ0v) is 8.90. The van der Waals surface area contributed by atoms with Crippen LogP contribution in [0.1, 0.15) is 22.2 Å². The van der Waals surface area contributed by atoms with Crippen LogP contribution in [0.4, 0.5) is 4.79 Å². The Bertz CT molecular complexity index is 254. The maximum atomic E-state index is 11.2. The molecule has 0 spiro atoms. The number of amides is 1. The molecule has 1 aliphatic heterocycles. The molecule has 0 aromatic heterocycles. The van der Waals surface area contributed by atoms with Crippen LogP contribution in [0.15, 0.2) is 0 Å². The van der Waals surface area contributed by atoms with Gasteiger partial charge in [0, 0.05) is 0 Å². The maximum Gasteiger partial charge on any atom is 1.00 e. The molecule has 14 heavy (non-hydrogen) atoms. The van der Waals surface area contributed by atoms with Crippen LogP contribution in [-0.4, -0.2) is 40.3 Å². The summed E-state index contributed by atoms with van der Waals surface area (Å²) in [4.78, 5) is 22.7. The Morgan fingerprint density at radius 1 is 1.50 bits per heavy atom. The number of carboxylic acids is 1. The third-order valence-corrected chi connectivity index (χ3v) is 1.53. The SMILES string of the molecule is CC(C)(C)OC(=O)N1C[C@H]1C(=O)O.[H-].[Li+]. The van der Waals surface area contributed by atoms with E-state index in [2.05, 4.69) is 0 Å². The van der Waals surface area contributed by atoms with Crippen LogP contribution in [-0.2, 0) is 9.53 Å². The number of hydrogen-bond donors (Lipinski definition) is 1. The van der Waals surface area contributed by atoms with Gasteiger partial charge in [0.15, 0.2) is 6.04 Å². The smallest absolute Gasteiger partial charge is 1.00 e. The molecular weight excluding hydrogens is 181 g/mol. The fourth-order valence-electron chi connectivity index (χ4n) is 0.873. The summed E-state index contributed by atoms with van der Waals surface area (Å²) in [5.74, 6) is -0.981. The molecule has 0 saturated carbocycles. The number of aliphatic carboxylic acids is 1. The van der Waals surface area contributed by atoms with Crippen molar-refractivity contribution in [1.29, 1.82) is 0 Å². The van der Waals surface area contributed by atoms with Gasteiger partial charge in [-0.2, -0.15) is 0 Å². The molecule has 0 aromatic carbocycles. The van der Waals surface area contributed by atoms with Gasteiger partial charge in [-0.05, 0) is 20.8 Å². The number of hydrogen-bond acceptors (Lipinski definition) is 3. The van der Waals surface area contributed by atoms with Crippen LogP contribution in [0.5, 0.6) is 0 Å². The summed E-state index contributed by atoms with van der Waals surface area (Å²) in [7, 11) is 0. The molecule has 6 heteroatoms. The zero-order valence-electron chi connectivity index (χ0n) is 9.90. The van der Waals surface area contributed by atoms with Crippen molar-refractivity contribution < 1.29 is 39.7 Å². The van der Waals surface area contributed by atoms with E-state index in [4.69, 9.17) is 9.84 Å². The van der Waals surface area contributed by atoms with E-state index in [-0.39, 0.29) is 26.8 Å². The van der Waals surface area contributed by atoms with Gasteiger partial charge in [0.05, 0.1) is 6.54 Å². The first-order chi connectivity index (χ1) is 5.81. The van der Waals surface area contributed by atoms with E-state index < -0.39 is 23.7 Å². The van der Waals surface area contributed by atoms with Crippen LogP contribution in [0.3, 0.4) is 0 Å². The largest absolute Gasteiger partial charge is 1.00 e. The second kappa shape index (κ2) is 4.24. The number of nitrogens with zero attached hydrogens (tertiary/aromatic N) is 1. The van der Waals surface area contributed by atoms with Crippen molar-refractivity contribution in [1.82, 2.24) is 4.90 Å². The second-order valence-electron chi connectivity index (χ2n) is 3.99. The standard InChI is InChI=1S/C8H13NO4.Li.H/c1-8(2,3)13-7(12)9-4-5(9)6(10)11;;/h5H,4H2,1-3H3,(H,10,11);;/q;+1;-1/t5-,9?;;/m0../s1. The van der Waals surface area contributed by atoms with E-state index >= 15 is 0 Å². The second-order valence-corrected chi connectivity index (χ2v) is 3.99. The van der Waals surface area contributed by atoms with Gasteiger partial charge < -0.3 is 11.3 Å². The molecule has 0 aliphatic carbocycles. The van der Waals surface area contributed by atoms with Crippen LogP contribution in [0, 0.1) is 0 Å². The number of rotatable bonds is 1. The van der Waals surface area contributed by atoms with E-state index in [9.17, 15) is 9.59 Å². The molecule has 0 bridgehead atoms. The fourth-order valence-corrected chi connectivity index (χ4v) is 0.873. The van der Waals surface area contributed by atoms with Crippen LogP contribution in [0.25, 0.3) is 0 Å². The molecule has 76 valence electrons. The van der Waals surface area contributed by atoms with Gasteiger partial charge in [0.1, 0.15) is 5.60 Å². The van der Waals surface area contributed by atoms with Crippen LogP contribution >= 0.6 is 0 Å². The molecule has 1 atom stereocenters. The normalized spacial score (nSPS) is 19.6. The maximum absolute atomic E-state index is 11.2. The summed E-state index contributed by atoms with van der Waals surface area (Å²) in [6.07, 6.45) is -0.556. The summed E-state index contributed by atoms with van der Waals surface area (Å²) in [6.45, 7) is 5.47. The third kappa shape index (κ3) is 3.60. The third-order valence-electron chi connectivity index (χ3n) is 1.53. The Kier molecular flexibility index (Phi) is 4.04. The molecule has 5 nitrogen and oxygen atoms in total. The minimum Gasteiger partial charge on any atom is -1.00 e. The fraction of sp³-hybridized carbons (Fsp3) is 0.750. The molecule has 0 unspecified atom stereocenters. The van der Waals surface area contributed by atoms with Crippen molar-refractivity contribution in [3.05, 3.63) is 0 Å². The van der Waals surface area contributed by atoms with Crippen molar-refractivity contribution in [2.75, 3.05) is 6.54 Å². The summed E-state index contributed by atoms with van der Waals surface area (Å²) < 4.78 is 4.97. The molecule has 0 aromatic rings. The van der Waals surface area contributed by atoms with Gasteiger partial charge in [0.2, 0.25) is 0 Å². The first-order valence-corrected chi connectivity index (χ1v) is 4.04. The number of ether oxygens (including phenoxy) is 1. The van der Waals surface area contributed by atoms with Gasteiger partial charge in [-0.1, -0.05) is 0 Å². The Morgan fingerprint density at radius 2 is 2.00 bits per heavy atom. The van der Waals surface area contributed by atoms with E-state index in [1.807, 2.05) is 0 Å². The molecule has 1 aliphatic rings. The zero-order chi connectivity index (χ0) is 10.2. The summed E-state index contributed by atoms with van der Waals surface area (Å²) in [5.41, 5.74) is -0.567. The number of carboxylic acid groups (broad SMARTS) is 1. The Labute approximate surface area is 96.1 Å². The molecule has 1 heterocycles. The van der Waals surface area contributed by atoms with Crippen LogP contribution in [0.2, 0.25) is 0 Å². The predicted molar refractivity (Wildman–Crippen MR) is 45.5 cm³/mol. The summed E-state index contributed by atoms with van der Waals surface area (Å²) in [5, 5.41) is 8.52. The quantitative estimate of drug-likeness (QED) is 0.381. The predicted octanol–water partition coefficient (Wildman–Crippen LogP) is -2.19. The van der Waals surface area contributed by atoms with E-state index in [1.54, 1.807) is 20.8 Å². The van der Waals surface area contributed by atoms with Crippen molar-refractivity contribution in [3.8, 4) is 0 Å². The molecule has 1 N–H and O–H groups in total. The van der Waals surface area contributed by atoms with Crippen molar-refractivity contribution in [2.45, 2.75) is 32.4 Å². The Hall–Kier alpha value is -0.663. The minimum absolute atomic E-state index is 0. The minimum atomic E-state index is -0.981. The first kappa shape index (κ1) is 13.3. The molecule has 1 rings (SSSR count). The Balaban J connectivity index is 0. The average Bonchev–Trinajstić information content (AvgIpc) is 2.58.